The summed E-state index contributed by atoms with van der Waals surface area (Å²) in [6, 6.07) is 9.27. The van der Waals surface area contributed by atoms with Gasteiger partial charge in [0.05, 0.1) is 13.2 Å². The summed E-state index contributed by atoms with van der Waals surface area (Å²) < 4.78 is 5.38. The Labute approximate surface area is 132 Å². The van der Waals surface area contributed by atoms with Crippen molar-refractivity contribution >= 4 is 5.91 Å². The van der Waals surface area contributed by atoms with Gasteiger partial charge in [-0.1, -0.05) is 44.2 Å². The second-order valence-corrected chi connectivity index (χ2v) is 6.02. The van der Waals surface area contributed by atoms with Crippen LogP contribution in [0.4, 0.5) is 0 Å². The van der Waals surface area contributed by atoms with Crippen LogP contribution in [0.3, 0.4) is 0 Å². The zero-order valence-corrected chi connectivity index (χ0v) is 13.4. The smallest absolute Gasteiger partial charge is 0.253 e. The average molecular weight is 306 g/mol. The van der Waals surface area contributed by atoms with Crippen molar-refractivity contribution in [2.45, 2.75) is 26.0 Å². The number of morpholine rings is 1. The number of carbonyl (C=O) groups is 1. The number of rotatable bonds is 6. The molecule has 0 radical (unpaired) electrons. The van der Waals surface area contributed by atoms with Gasteiger partial charge in [-0.25, -0.2) is 0 Å². The first kappa shape index (κ1) is 16.9. The predicted molar refractivity (Wildman–Crippen MR) is 85.4 cm³/mol. The number of hydrogen-bond donors (Lipinski definition) is 2. The van der Waals surface area contributed by atoms with Crippen molar-refractivity contribution in [1.29, 1.82) is 0 Å². The van der Waals surface area contributed by atoms with E-state index in [1.165, 1.54) is 0 Å². The summed E-state index contributed by atoms with van der Waals surface area (Å²) in [5.41, 5.74) is 0.618. The Kier molecular flexibility index (Phi) is 6.36. The Morgan fingerprint density at radius 3 is 2.50 bits per heavy atom. The number of carbonyl (C=O) groups excluding carboxylic acids is 1. The number of hydrogen-bond acceptors (Lipinski definition) is 4. The van der Waals surface area contributed by atoms with Crippen molar-refractivity contribution in [2.24, 2.45) is 5.92 Å². The number of nitrogens with one attached hydrogen (secondary N) is 1. The molecule has 22 heavy (non-hydrogen) atoms. The minimum absolute atomic E-state index is 0.260. The van der Waals surface area contributed by atoms with E-state index in [1.54, 1.807) is 12.1 Å². The molecule has 0 spiro atoms. The van der Waals surface area contributed by atoms with Gasteiger partial charge in [-0.3, -0.25) is 9.69 Å². The minimum atomic E-state index is -1.11. The van der Waals surface area contributed by atoms with Crippen molar-refractivity contribution in [3.63, 3.8) is 0 Å². The van der Waals surface area contributed by atoms with Crippen LogP contribution in [-0.2, 0) is 9.53 Å². The molecule has 0 aromatic heterocycles. The Bertz CT molecular complexity index is 458. The number of ether oxygens (including phenoxy) is 1. The third-order valence-electron chi connectivity index (χ3n) is 4.13. The van der Waals surface area contributed by atoms with Crippen LogP contribution in [0.1, 0.15) is 25.5 Å². The molecule has 1 heterocycles. The van der Waals surface area contributed by atoms with Gasteiger partial charge < -0.3 is 15.2 Å². The molecule has 122 valence electrons. The maximum atomic E-state index is 12.1. The van der Waals surface area contributed by atoms with E-state index in [0.29, 0.717) is 18.0 Å². The monoisotopic (exact) mass is 306 g/mol. The van der Waals surface area contributed by atoms with Crippen LogP contribution in [-0.4, -0.2) is 54.8 Å². The average Bonchev–Trinajstić information content (AvgIpc) is 2.55. The molecule has 2 atom stereocenters. The third kappa shape index (κ3) is 4.53. The fraction of sp³-hybridized carbons (Fsp3) is 0.588. The second kappa shape index (κ2) is 8.27. The third-order valence-corrected chi connectivity index (χ3v) is 4.13. The van der Waals surface area contributed by atoms with Crippen molar-refractivity contribution in [3.8, 4) is 0 Å². The molecule has 1 aromatic carbocycles. The molecule has 1 aliphatic heterocycles. The van der Waals surface area contributed by atoms with Gasteiger partial charge >= 0.3 is 0 Å². The Hall–Kier alpha value is -1.43. The maximum Gasteiger partial charge on any atom is 0.253 e. The van der Waals surface area contributed by atoms with Crippen molar-refractivity contribution in [1.82, 2.24) is 10.2 Å². The highest BCUT2D eigenvalue weighted by molar-refractivity contribution is 5.81. The molecule has 1 aliphatic rings. The Morgan fingerprint density at radius 1 is 1.27 bits per heavy atom. The van der Waals surface area contributed by atoms with Gasteiger partial charge in [0.25, 0.3) is 5.91 Å². The number of amides is 1. The summed E-state index contributed by atoms with van der Waals surface area (Å²) in [5.74, 6) is 0.0809. The Balaban J connectivity index is 1.90. The Morgan fingerprint density at radius 2 is 1.91 bits per heavy atom. The normalized spacial score (nSPS) is 18.9. The lowest BCUT2D eigenvalue weighted by atomic mass is 10.0. The van der Waals surface area contributed by atoms with Crippen LogP contribution in [0.15, 0.2) is 30.3 Å². The van der Waals surface area contributed by atoms with E-state index in [4.69, 9.17) is 4.74 Å². The molecule has 1 amide bonds. The number of nitrogens with zero attached hydrogens (tertiary/aromatic N) is 1. The SMILES string of the molecule is CC(C)C(CNC(=O)C(O)c1ccccc1)N1CCOCC1. The molecule has 2 N–H and O–H groups in total. The van der Waals surface area contributed by atoms with E-state index < -0.39 is 6.10 Å². The zero-order valence-electron chi connectivity index (χ0n) is 13.4. The topological polar surface area (TPSA) is 61.8 Å². The highest BCUT2D eigenvalue weighted by Crippen LogP contribution is 2.14. The van der Waals surface area contributed by atoms with Crippen LogP contribution >= 0.6 is 0 Å². The van der Waals surface area contributed by atoms with Gasteiger partial charge in [-0.05, 0) is 11.5 Å². The number of aliphatic hydroxyl groups excluding tert-OH is 1. The van der Waals surface area contributed by atoms with Crippen LogP contribution in [0.5, 0.6) is 0 Å². The van der Waals surface area contributed by atoms with E-state index in [9.17, 15) is 9.90 Å². The molecule has 0 bridgehead atoms. The van der Waals surface area contributed by atoms with Crippen molar-refractivity contribution in [2.75, 3.05) is 32.8 Å². The van der Waals surface area contributed by atoms with E-state index in [2.05, 4.69) is 24.1 Å². The molecule has 0 saturated carbocycles. The molecule has 1 fully saturated rings. The standard InChI is InChI=1S/C17H26N2O3/c1-13(2)15(19-8-10-22-11-9-19)12-18-17(21)16(20)14-6-4-3-5-7-14/h3-7,13,15-16,20H,8-12H2,1-2H3,(H,18,21). The first-order chi connectivity index (χ1) is 10.6. The van der Waals surface area contributed by atoms with Gasteiger partial charge in [0.1, 0.15) is 0 Å². The summed E-state index contributed by atoms with van der Waals surface area (Å²) in [4.78, 5) is 14.5. The van der Waals surface area contributed by atoms with Crippen LogP contribution in [0.2, 0.25) is 0 Å². The molecule has 2 rings (SSSR count). The van der Waals surface area contributed by atoms with Crippen LogP contribution < -0.4 is 5.32 Å². The molecule has 1 saturated heterocycles. The fourth-order valence-corrected chi connectivity index (χ4v) is 2.78. The van der Waals surface area contributed by atoms with Crippen LogP contribution in [0, 0.1) is 5.92 Å². The fourth-order valence-electron chi connectivity index (χ4n) is 2.78. The summed E-state index contributed by atoms with van der Waals surface area (Å²) in [7, 11) is 0. The number of benzene rings is 1. The maximum absolute atomic E-state index is 12.1. The molecule has 0 aliphatic carbocycles. The van der Waals surface area contributed by atoms with E-state index in [1.807, 2.05) is 18.2 Å². The molecular weight excluding hydrogens is 280 g/mol. The molecular formula is C17H26N2O3. The molecule has 2 unspecified atom stereocenters. The highest BCUT2D eigenvalue weighted by Gasteiger charge is 2.25. The van der Waals surface area contributed by atoms with E-state index >= 15 is 0 Å². The quantitative estimate of drug-likeness (QED) is 0.829. The van der Waals surface area contributed by atoms with Crippen molar-refractivity contribution in [3.05, 3.63) is 35.9 Å². The summed E-state index contributed by atoms with van der Waals surface area (Å²) in [6.45, 7) is 8.10. The minimum Gasteiger partial charge on any atom is -0.379 e. The summed E-state index contributed by atoms with van der Waals surface area (Å²) in [6.07, 6.45) is -1.11. The lowest BCUT2D eigenvalue weighted by molar-refractivity contribution is -0.130. The van der Waals surface area contributed by atoms with Gasteiger partial charge in [0.15, 0.2) is 6.10 Å². The first-order valence-electron chi connectivity index (χ1n) is 7.92. The first-order valence-corrected chi connectivity index (χ1v) is 7.92. The van der Waals surface area contributed by atoms with Gasteiger partial charge in [0.2, 0.25) is 0 Å². The van der Waals surface area contributed by atoms with Gasteiger partial charge in [-0.15, -0.1) is 0 Å². The van der Waals surface area contributed by atoms with E-state index in [0.717, 1.165) is 26.3 Å². The predicted octanol–water partition coefficient (Wildman–Crippen LogP) is 1.19. The van der Waals surface area contributed by atoms with E-state index in [-0.39, 0.29) is 11.9 Å². The van der Waals surface area contributed by atoms with Gasteiger partial charge in [0, 0.05) is 25.7 Å². The summed E-state index contributed by atoms with van der Waals surface area (Å²) >= 11 is 0. The molecule has 1 aromatic rings. The largest absolute Gasteiger partial charge is 0.379 e. The lowest BCUT2D eigenvalue weighted by Crippen LogP contribution is -2.51. The highest BCUT2D eigenvalue weighted by atomic mass is 16.5. The molecule has 5 nitrogen and oxygen atoms in total. The lowest BCUT2D eigenvalue weighted by Gasteiger charge is -2.37. The summed E-state index contributed by atoms with van der Waals surface area (Å²) in [5, 5.41) is 13.0. The molecule has 5 heteroatoms. The number of aliphatic hydroxyl groups is 1. The zero-order chi connectivity index (χ0) is 15.9. The van der Waals surface area contributed by atoms with Gasteiger partial charge in [-0.2, -0.15) is 0 Å². The van der Waals surface area contributed by atoms with Crippen molar-refractivity contribution < 1.29 is 14.6 Å². The van der Waals surface area contributed by atoms with Crippen LogP contribution in [0.25, 0.3) is 0 Å². The second-order valence-electron chi connectivity index (χ2n) is 6.02.